The van der Waals surface area contributed by atoms with Crippen LogP contribution in [0.2, 0.25) is 0 Å². The molecule has 150 valence electrons. The molecule has 4 heterocycles. The van der Waals surface area contributed by atoms with E-state index in [9.17, 15) is 9.65 Å². The third kappa shape index (κ3) is 3.35. The number of aryl methyl sites for hydroxylation is 1. The van der Waals surface area contributed by atoms with Gasteiger partial charge in [-0.3, -0.25) is 4.68 Å². The minimum atomic E-state index is -1.17. The van der Waals surface area contributed by atoms with Crippen molar-refractivity contribution >= 4 is 5.65 Å². The molecule has 0 amide bonds. The van der Waals surface area contributed by atoms with Gasteiger partial charge in [0, 0.05) is 35.3 Å². The van der Waals surface area contributed by atoms with Crippen LogP contribution in [0.4, 0.5) is 4.39 Å². The summed E-state index contributed by atoms with van der Waals surface area (Å²) in [6, 6.07) is 9.61. The molecule has 4 aromatic rings. The SMILES string of the molecule is Cc1cn2ccc(-c3nc(C#N)ccc3-c3cnn(CC4(F)CCCC4)c3)cc2n1. The van der Waals surface area contributed by atoms with E-state index in [-0.39, 0.29) is 6.54 Å². The van der Waals surface area contributed by atoms with Crippen LogP contribution in [0.25, 0.3) is 28.0 Å². The number of hydrogen-bond donors (Lipinski definition) is 0. The van der Waals surface area contributed by atoms with E-state index in [0.717, 1.165) is 40.9 Å². The molecule has 6 nitrogen and oxygen atoms in total. The quantitative estimate of drug-likeness (QED) is 0.497. The van der Waals surface area contributed by atoms with Crippen molar-refractivity contribution in [1.82, 2.24) is 24.1 Å². The average molecular weight is 400 g/mol. The number of imidazole rings is 1. The van der Waals surface area contributed by atoms with Crippen LogP contribution in [-0.4, -0.2) is 29.8 Å². The van der Waals surface area contributed by atoms with Gasteiger partial charge < -0.3 is 4.40 Å². The molecular weight excluding hydrogens is 379 g/mol. The Bertz CT molecular complexity index is 1270. The van der Waals surface area contributed by atoms with E-state index in [1.54, 1.807) is 16.9 Å². The Kier molecular flexibility index (Phi) is 4.35. The maximum atomic E-state index is 14.9. The first-order chi connectivity index (χ1) is 14.5. The summed E-state index contributed by atoms with van der Waals surface area (Å²) in [5, 5.41) is 13.7. The Labute approximate surface area is 173 Å². The molecule has 0 N–H and O–H groups in total. The molecule has 0 saturated heterocycles. The van der Waals surface area contributed by atoms with Crippen LogP contribution < -0.4 is 0 Å². The summed E-state index contributed by atoms with van der Waals surface area (Å²) in [6.45, 7) is 2.22. The highest BCUT2D eigenvalue weighted by molar-refractivity contribution is 5.81. The molecular formula is C23H21FN6. The van der Waals surface area contributed by atoms with Crippen molar-refractivity contribution in [3.05, 3.63) is 60.4 Å². The number of aromatic nitrogens is 5. The van der Waals surface area contributed by atoms with Crippen LogP contribution in [0, 0.1) is 18.3 Å². The van der Waals surface area contributed by atoms with E-state index in [1.807, 2.05) is 48.1 Å². The molecule has 1 aliphatic rings. The molecule has 0 atom stereocenters. The molecule has 0 aromatic carbocycles. The summed E-state index contributed by atoms with van der Waals surface area (Å²) in [7, 11) is 0. The molecule has 0 bridgehead atoms. The normalized spacial score (nSPS) is 15.5. The number of nitriles is 1. The molecule has 30 heavy (non-hydrogen) atoms. The fraction of sp³-hybridized carbons (Fsp3) is 0.304. The minimum absolute atomic E-state index is 0.269. The van der Waals surface area contributed by atoms with Crippen molar-refractivity contribution in [1.29, 1.82) is 5.26 Å². The van der Waals surface area contributed by atoms with Crippen LogP contribution >= 0.6 is 0 Å². The topological polar surface area (TPSA) is 71.8 Å². The maximum absolute atomic E-state index is 14.9. The number of fused-ring (bicyclic) bond motifs is 1. The molecule has 0 radical (unpaired) electrons. The molecule has 7 heteroatoms. The molecule has 0 aliphatic heterocycles. The van der Waals surface area contributed by atoms with Crippen molar-refractivity contribution in [2.45, 2.75) is 44.8 Å². The summed E-state index contributed by atoms with van der Waals surface area (Å²) >= 11 is 0. The predicted octanol–water partition coefficient (Wildman–Crippen LogP) is 4.72. The molecule has 1 aliphatic carbocycles. The predicted molar refractivity (Wildman–Crippen MR) is 111 cm³/mol. The van der Waals surface area contributed by atoms with Crippen LogP contribution in [0.1, 0.15) is 37.1 Å². The van der Waals surface area contributed by atoms with E-state index in [0.29, 0.717) is 24.2 Å². The van der Waals surface area contributed by atoms with Gasteiger partial charge in [-0.2, -0.15) is 10.4 Å². The second-order valence-corrected chi connectivity index (χ2v) is 8.05. The summed E-state index contributed by atoms with van der Waals surface area (Å²) < 4.78 is 18.5. The zero-order chi connectivity index (χ0) is 20.7. The van der Waals surface area contributed by atoms with E-state index < -0.39 is 5.67 Å². The van der Waals surface area contributed by atoms with E-state index in [1.165, 1.54) is 0 Å². The summed E-state index contributed by atoms with van der Waals surface area (Å²) in [5.74, 6) is 0. The Morgan fingerprint density at radius 2 is 1.97 bits per heavy atom. The third-order valence-electron chi connectivity index (χ3n) is 5.75. The highest BCUT2D eigenvalue weighted by Gasteiger charge is 2.34. The lowest BCUT2D eigenvalue weighted by atomic mass is 10.0. The van der Waals surface area contributed by atoms with Crippen molar-refractivity contribution < 1.29 is 4.39 Å². The van der Waals surface area contributed by atoms with Gasteiger partial charge in [0.1, 0.15) is 23.1 Å². The second kappa shape index (κ2) is 7.06. The number of pyridine rings is 2. The standard InChI is InChI=1S/C23H21FN6/c1-16-13-29-9-6-17(10-21(29)27-16)22-20(5-4-19(11-25)28-22)18-12-26-30(14-18)15-23(24)7-2-3-8-23/h4-6,9-10,12-14H,2-3,7-8,15H2,1H3. The summed E-state index contributed by atoms with van der Waals surface area (Å²) in [4.78, 5) is 9.09. The van der Waals surface area contributed by atoms with Crippen LogP contribution in [0.15, 0.2) is 49.1 Å². The number of rotatable bonds is 4. The molecule has 1 fully saturated rings. The molecule has 0 unspecified atom stereocenters. The van der Waals surface area contributed by atoms with Gasteiger partial charge in [0.2, 0.25) is 0 Å². The van der Waals surface area contributed by atoms with E-state index in [2.05, 4.69) is 21.1 Å². The Balaban J connectivity index is 1.56. The van der Waals surface area contributed by atoms with Gasteiger partial charge in [0.15, 0.2) is 0 Å². The lowest BCUT2D eigenvalue weighted by Gasteiger charge is -2.18. The lowest BCUT2D eigenvalue weighted by Crippen LogP contribution is -2.25. The zero-order valence-electron chi connectivity index (χ0n) is 16.7. The summed E-state index contributed by atoms with van der Waals surface area (Å²) in [5.41, 5.74) is 4.18. The van der Waals surface area contributed by atoms with Crippen molar-refractivity contribution in [3.63, 3.8) is 0 Å². The van der Waals surface area contributed by atoms with Crippen LogP contribution in [0.3, 0.4) is 0 Å². The number of hydrogen-bond acceptors (Lipinski definition) is 4. The zero-order valence-corrected chi connectivity index (χ0v) is 16.7. The molecule has 0 spiro atoms. The first-order valence-electron chi connectivity index (χ1n) is 10.1. The van der Waals surface area contributed by atoms with Crippen molar-refractivity contribution in [2.24, 2.45) is 0 Å². The average Bonchev–Trinajstić information content (AvgIpc) is 3.46. The highest BCUT2D eigenvalue weighted by Crippen LogP contribution is 2.36. The number of nitrogens with zero attached hydrogens (tertiary/aromatic N) is 6. The monoisotopic (exact) mass is 400 g/mol. The lowest BCUT2D eigenvalue weighted by molar-refractivity contribution is 0.139. The van der Waals surface area contributed by atoms with Gasteiger partial charge in [-0.1, -0.05) is 12.8 Å². The van der Waals surface area contributed by atoms with Crippen molar-refractivity contribution in [3.8, 4) is 28.5 Å². The smallest absolute Gasteiger partial charge is 0.141 e. The molecule has 1 saturated carbocycles. The molecule has 5 rings (SSSR count). The van der Waals surface area contributed by atoms with Crippen molar-refractivity contribution in [2.75, 3.05) is 0 Å². The Hall–Kier alpha value is -3.53. The number of halogens is 1. The largest absolute Gasteiger partial charge is 0.307 e. The van der Waals surface area contributed by atoms with Gasteiger partial charge in [0.25, 0.3) is 0 Å². The van der Waals surface area contributed by atoms with Crippen LogP contribution in [0.5, 0.6) is 0 Å². The first-order valence-corrected chi connectivity index (χ1v) is 10.1. The van der Waals surface area contributed by atoms with Gasteiger partial charge in [-0.25, -0.2) is 14.4 Å². The van der Waals surface area contributed by atoms with Gasteiger partial charge in [0.05, 0.1) is 24.1 Å². The van der Waals surface area contributed by atoms with E-state index in [4.69, 9.17) is 0 Å². The van der Waals surface area contributed by atoms with Gasteiger partial charge in [-0.05, 0) is 44.0 Å². The van der Waals surface area contributed by atoms with Gasteiger partial charge >= 0.3 is 0 Å². The fourth-order valence-electron chi connectivity index (χ4n) is 4.28. The minimum Gasteiger partial charge on any atom is -0.307 e. The maximum Gasteiger partial charge on any atom is 0.141 e. The Morgan fingerprint density at radius 3 is 2.77 bits per heavy atom. The highest BCUT2D eigenvalue weighted by atomic mass is 19.1. The summed E-state index contributed by atoms with van der Waals surface area (Å²) in [6.07, 6.45) is 10.6. The van der Waals surface area contributed by atoms with Crippen LogP contribution in [-0.2, 0) is 6.54 Å². The van der Waals surface area contributed by atoms with E-state index >= 15 is 0 Å². The third-order valence-corrected chi connectivity index (χ3v) is 5.75. The van der Waals surface area contributed by atoms with Gasteiger partial charge in [-0.15, -0.1) is 0 Å². The Morgan fingerprint density at radius 1 is 1.13 bits per heavy atom. The fourth-order valence-corrected chi connectivity index (χ4v) is 4.28. The molecule has 4 aromatic heterocycles. The first kappa shape index (κ1) is 18.5. The second-order valence-electron chi connectivity index (χ2n) is 8.05. The number of alkyl halides is 1.